The van der Waals surface area contributed by atoms with Crippen LogP contribution in [0, 0.1) is 0 Å². The number of rotatable bonds is 10. The van der Waals surface area contributed by atoms with Crippen molar-refractivity contribution < 1.29 is 32.3 Å². The van der Waals surface area contributed by atoms with E-state index in [1.807, 2.05) is 0 Å². The molecule has 1 N–H and O–H groups in total. The summed E-state index contributed by atoms with van der Waals surface area (Å²) in [5.41, 5.74) is 0. The van der Waals surface area contributed by atoms with Gasteiger partial charge in [0.1, 0.15) is 24.4 Å². The zero-order valence-electron chi connectivity index (χ0n) is 31.0. The molecule has 0 aromatic heterocycles. The molecule has 7 nitrogen and oxygen atoms in total. The monoisotopic (exact) mass is 664 g/mol. The van der Waals surface area contributed by atoms with Crippen LogP contribution in [-0.4, -0.2) is 81.5 Å². The SMILES string of the molecule is CC(C)(C)[Si](C)(C)OC[C@H]1OC(C(=O)O)[C@H](O[Si](C)(C)C(C)(C)C)[C@@H](O[Si](C)(C)C(C)(C)C)[C@@H]1O[Si](C)(C)C(C)(C)C. The van der Waals surface area contributed by atoms with Gasteiger partial charge in [-0.15, -0.1) is 0 Å². The molecule has 0 bridgehead atoms. The second kappa shape index (κ2) is 12.7. The van der Waals surface area contributed by atoms with Gasteiger partial charge in [-0.05, 0) is 72.5 Å². The summed E-state index contributed by atoms with van der Waals surface area (Å²) in [5.74, 6) is -1.04. The zero-order valence-corrected chi connectivity index (χ0v) is 35.0. The number of carboxylic acids is 1. The van der Waals surface area contributed by atoms with E-state index in [-0.39, 0.29) is 26.8 Å². The van der Waals surface area contributed by atoms with Crippen molar-refractivity contribution >= 4 is 39.2 Å². The number of carboxylic acid groups (broad SMARTS) is 1. The Morgan fingerprint density at radius 1 is 0.571 bits per heavy atom. The van der Waals surface area contributed by atoms with Gasteiger partial charge in [-0.25, -0.2) is 4.79 Å². The normalized spacial score (nSPS) is 26.0. The minimum atomic E-state index is -2.44. The van der Waals surface area contributed by atoms with Crippen LogP contribution in [0.25, 0.3) is 0 Å². The predicted octanol–water partition coefficient (Wildman–Crippen LogP) is 9.03. The van der Waals surface area contributed by atoms with Crippen LogP contribution in [0.15, 0.2) is 0 Å². The van der Waals surface area contributed by atoms with Crippen LogP contribution < -0.4 is 0 Å². The van der Waals surface area contributed by atoms with Gasteiger partial charge in [0.2, 0.25) is 0 Å². The average molecular weight is 665 g/mol. The minimum absolute atomic E-state index is 0.00529. The van der Waals surface area contributed by atoms with Crippen LogP contribution in [0.2, 0.25) is 72.5 Å². The first kappa shape index (κ1) is 40.2. The maximum absolute atomic E-state index is 13.0. The molecular weight excluding hydrogens is 597 g/mol. The molecule has 1 aliphatic rings. The van der Waals surface area contributed by atoms with Crippen LogP contribution in [0.1, 0.15) is 83.1 Å². The molecule has 0 aromatic rings. The molecule has 0 saturated carbocycles. The molecular formula is C31H68O7Si4. The zero-order chi connectivity index (χ0) is 33.7. The molecule has 1 aliphatic heterocycles. The Labute approximate surface area is 263 Å². The lowest BCUT2D eigenvalue weighted by Gasteiger charge is -2.54. The molecule has 1 heterocycles. The molecule has 0 aromatic carbocycles. The van der Waals surface area contributed by atoms with Crippen molar-refractivity contribution in [1.82, 2.24) is 0 Å². The number of hydrogen-bond donors (Lipinski definition) is 1. The van der Waals surface area contributed by atoms with Crippen LogP contribution >= 0.6 is 0 Å². The molecule has 250 valence electrons. The summed E-state index contributed by atoms with van der Waals surface area (Å²) in [5, 5.41) is 10.3. The number of ether oxygens (including phenoxy) is 1. The molecule has 0 radical (unpaired) electrons. The lowest BCUT2D eigenvalue weighted by molar-refractivity contribution is -0.222. The lowest BCUT2D eigenvalue weighted by Crippen LogP contribution is -2.69. The van der Waals surface area contributed by atoms with Gasteiger partial charge in [0, 0.05) is 0 Å². The van der Waals surface area contributed by atoms with Crippen molar-refractivity contribution in [2.45, 2.75) is 186 Å². The van der Waals surface area contributed by atoms with E-state index in [9.17, 15) is 9.90 Å². The predicted molar refractivity (Wildman–Crippen MR) is 186 cm³/mol. The summed E-state index contributed by atoms with van der Waals surface area (Å²) < 4.78 is 34.7. The Morgan fingerprint density at radius 3 is 1.19 bits per heavy atom. The van der Waals surface area contributed by atoms with Crippen LogP contribution in [0.3, 0.4) is 0 Å². The Kier molecular flexibility index (Phi) is 12.2. The van der Waals surface area contributed by atoms with E-state index in [2.05, 4.69) is 135 Å². The lowest BCUT2D eigenvalue weighted by atomic mass is 9.95. The molecule has 1 unspecified atom stereocenters. The minimum Gasteiger partial charge on any atom is -0.479 e. The highest BCUT2D eigenvalue weighted by atomic mass is 28.4. The average Bonchev–Trinajstić information content (AvgIpc) is 2.71. The van der Waals surface area contributed by atoms with E-state index in [0.717, 1.165) is 0 Å². The van der Waals surface area contributed by atoms with Crippen molar-refractivity contribution in [2.75, 3.05) is 6.61 Å². The molecule has 42 heavy (non-hydrogen) atoms. The van der Waals surface area contributed by atoms with E-state index < -0.39 is 69.8 Å². The van der Waals surface area contributed by atoms with Crippen molar-refractivity contribution in [3.8, 4) is 0 Å². The fraction of sp³-hybridized carbons (Fsp3) is 0.968. The molecule has 1 fully saturated rings. The number of carbonyl (C=O) groups is 1. The van der Waals surface area contributed by atoms with Gasteiger partial charge in [-0.1, -0.05) is 83.1 Å². The number of hydrogen-bond acceptors (Lipinski definition) is 6. The van der Waals surface area contributed by atoms with Crippen molar-refractivity contribution in [2.24, 2.45) is 0 Å². The van der Waals surface area contributed by atoms with E-state index in [1.54, 1.807) is 0 Å². The third kappa shape index (κ3) is 9.34. The Morgan fingerprint density at radius 2 is 0.881 bits per heavy atom. The molecule has 11 heteroatoms. The summed E-state index contributed by atoms with van der Waals surface area (Å²) >= 11 is 0. The van der Waals surface area contributed by atoms with Gasteiger partial charge < -0.3 is 27.5 Å². The third-order valence-corrected chi connectivity index (χ3v) is 28.9. The molecule has 0 spiro atoms. The molecule has 0 aliphatic carbocycles. The van der Waals surface area contributed by atoms with Crippen molar-refractivity contribution in [1.29, 1.82) is 0 Å². The van der Waals surface area contributed by atoms with Crippen LogP contribution in [0.5, 0.6) is 0 Å². The van der Waals surface area contributed by atoms with Crippen molar-refractivity contribution in [3.63, 3.8) is 0 Å². The van der Waals surface area contributed by atoms with E-state index in [0.29, 0.717) is 0 Å². The highest BCUT2D eigenvalue weighted by Crippen LogP contribution is 2.46. The van der Waals surface area contributed by atoms with E-state index in [1.165, 1.54) is 0 Å². The fourth-order valence-electron chi connectivity index (χ4n) is 3.71. The summed E-state index contributed by atoms with van der Waals surface area (Å²) in [7, 11) is -9.38. The first-order valence-electron chi connectivity index (χ1n) is 15.7. The highest BCUT2D eigenvalue weighted by molar-refractivity contribution is 6.75. The van der Waals surface area contributed by atoms with E-state index >= 15 is 0 Å². The highest BCUT2D eigenvalue weighted by Gasteiger charge is 2.58. The van der Waals surface area contributed by atoms with Gasteiger partial charge in [-0.3, -0.25) is 0 Å². The second-order valence-corrected chi connectivity index (χ2v) is 37.6. The van der Waals surface area contributed by atoms with E-state index in [4.69, 9.17) is 22.4 Å². The van der Waals surface area contributed by atoms with Crippen molar-refractivity contribution in [3.05, 3.63) is 0 Å². The van der Waals surface area contributed by atoms with Gasteiger partial charge in [-0.2, -0.15) is 0 Å². The smallest absolute Gasteiger partial charge is 0.335 e. The number of aliphatic carboxylic acids is 1. The summed E-state index contributed by atoms with van der Waals surface area (Å²) in [4.78, 5) is 13.0. The maximum atomic E-state index is 13.0. The largest absolute Gasteiger partial charge is 0.479 e. The van der Waals surface area contributed by atoms with Crippen LogP contribution in [-0.2, 0) is 27.2 Å². The molecule has 1 rings (SSSR count). The standard InChI is InChI=1S/C31H68O7Si4/c1-28(2,3)39(13,14)34-21-22-23(36-40(15,16)29(4,5)6)24(37-41(17,18)30(7,8)9)25(26(35-22)27(32)33)38-42(19,20)31(10,11)12/h22-26H,21H2,1-20H3,(H,32,33)/t22-,23-,24+,25-,26?/m1/s1. The van der Waals surface area contributed by atoms with Gasteiger partial charge in [0.25, 0.3) is 0 Å². The molecule has 1 saturated heterocycles. The Balaban J connectivity index is 3.93. The molecule has 0 amide bonds. The summed E-state index contributed by atoms with van der Waals surface area (Å²) in [6.45, 7) is 44.3. The quantitative estimate of drug-likeness (QED) is 0.233. The van der Waals surface area contributed by atoms with Gasteiger partial charge in [0.15, 0.2) is 39.4 Å². The topological polar surface area (TPSA) is 83.5 Å². The molecule has 5 atom stereocenters. The first-order chi connectivity index (χ1) is 18.2. The third-order valence-electron chi connectivity index (χ3n) is 11.0. The second-order valence-electron chi connectivity index (χ2n) is 18.5. The fourth-order valence-corrected chi connectivity index (χ4v) is 8.64. The Bertz CT molecular complexity index is 922. The van der Waals surface area contributed by atoms with Crippen LogP contribution in [0.4, 0.5) is 0 Å². The summed E-state index contributed by atoms with van der Waals surface area (Å²) in [6, 6.07) is 0. The van der Waals surface area contributed by atoms with Gasteiger partial charge in [0.05, 0.1) is 6.61 Å². The first-order valence-corrected chi connectivity index (χ1v) is 27.4. The summed E-state index contributed by atoms with van der Waals surface area (Å²) in [6.07, 6.45) is -3.76. The Hall–Kier alpha value is 0.138. The van der Waals surface area contributed by atoms with Gasteiger partial charge >= 0.3 is 5.97 Å². The maximum Gasteiger partial charge on any atom is 0.335 e.